The molecular formula is C16H16Br2O2. The minimum atomic E-state index is -0.723. The molecule has 0 radical (unpaired) electrons. The van der Waals surface area contributed by atoms with Crippen LogP contribution < -0.4 is 4.74 Å². The van der Waals surface area contributed by atoms with Crippen molar-refractivity contribution in [3.05, 3.63) is 61.5 Å². The highest BCUT2D eigenvalue weighted by molar-refractivity contribution is 9.10. The average molecular weight is 400 g/mol. The molecule has 0 bridgehead atoms. The fourth-order valence-electron chi connectivity index (χ4n) is 2.02. The predicted octanol–water partition coefficient (Wildman–Crippen LogP) is 4.92. The second-order valence-corrected chi connectivity index (χ2v) is 6.46. The maximum Gasteiger partial charge on any atom is 0.125 e. The zero-order valence-corrected chi connectivity index (χ0v) is 14.7. The van der Waals surface area contributed by atoms with Gasteiger partial charge in [0.1, 0.15) is 11.9 Å². The van der Waals surface area contributed by atoms with Gasteiger partial charge in [0.05, 0.1) is 7.11 Å². The van der Waals surface area contributed by atoms with Gasteiger partial charge >= 0.3 is 0 Å². The zero-order chi connectivity index (χ0) is 14.9. The number of hydrogen-bond donors (Lipinski definition) is 1. The second kappa shape index (κ2) is 6.29. The highest BCUT2D eigenvalue weighted by atomic mass is 79.9. The molecule has 1 unspecified atom stereocenters. The van der Waals surface area contributed by atoms with Crippen molar-refractivity contribution in [1.82, 2.24) is 0 Å². The van der Waals surface area contributed by atoms with Gasteiger partial charge in [0.15, 0.2) is 0 Å². The first-order chi connectivity index (χ1) is 9.43. The van der Waals surface area contributed by atoms with Crippen molar-refractivity contribution in [2.24, 2.45) is 0 Å². The van der Waals surface area contributed by atoms with E-state index in [1.807, 2.05) is 44.2 Å². The number of rotatable bonds is 3. The molecule has 20 heavy (non-hydrogen) atoms. The molecule has 1 N–H and O–H groups in total. The molecule has 0 saturated heterocycles. The lowest BCUT2D eigenvalue weighted by Crippen LogP contribution is -2.03. The van der Waals surface area contributed by atoms with Gasteiger partial charge in [-0.25, -0.2) is 0 Å². The number of methoxy groups -OCH3 is 1. The minimum absolute atomic E-state index is 0.690. The monoisotopic (exact) mass is 398 g/mol. The first-order valence-electron chi connectivity index (χ1n) is 6.22. The van der Waals surface area contributed by atoms with Crippen LogP contribution in [0.25, 0.3) is 0 Å². The van der Waals surface area contributed by atoms with Crippen LogP contribution in [0.4, 0.5) is 0 Å². The Balaban J connectivity index is 2.49. The van der Waals surface area contributed by atoms with E-state index >= 15 is 0 Å². The number of halogens is 2. The summed E-state index contributed by atoms with van der Waals surface area (Å²) in [5.74, 6) is 0.690. The van der Waals surface area contributed by atoms with Crippen LogP contribution in [-0.2, 0) is 0 Å². The van der Waals surface area contributed by atoms with Crippen LogP contribution in [0.3, 0.4) is 0 Å². The lowest BCUT2D eigenvalue weighted by molar-refractivity contribution is 0.214. The van der Waals surface area contributed by atoms with Gasteiger partial charge in [-0.2, -0.15) is 0 Å². The number of ether oxygens (including phenoxy) is 1. The fourth-order valence-corrected chi connectivity index (χ4v) is 2.78. The molecule has 0 heterocycles. The maximum absolute atomic E-state index is 10.6. The first-order valence-corrected chi connectivity index (χ1v) is 7.80. The van der Waals surface area contributed by atoms with Crippen LogP contribution in [0.1, 0.15) is 28.4 Å². The average Bonchev–Trinajstić information content (AvgIpc) is 2.43. The Bertz CT molecular complexity index is 639. The largest absolute Gasteiger partial charge is 0.496 e. The molecule has 2 aromatic carbocycles. The molecular weight excluding hydrogens is 384 g/mol. The highest BCUT2D eigenvalue weighted by Gasteiger charge is 2.17. The molecule has 2 aromatic rings. The van der Waals surface area contributed by atoms with E-state index in [2.05, 4.69) is 31.9 Å². The molecule has 0 spiro atoms. The summed E-state index contributed by atoms with van der Waals surface area (Å²) in [6, 6.07) is 9.68. The number of hydrogen-bond acceptors (Lipinski definition) is 2. The van der Waals surface area contributed by atoms with Gasteiger partial charge in [-0.1, -0.05) is 44.0 Å². The summed E-state index contributed by atoms with van der Waals surface area (Å²) >= 11 is 7.00. The molecule has 0 fully saturated rings. The van der Waals surface area contributed by atoms with E-state index < -0.39 is 6.10 Å². The van der Waals surface area contributed by atoms with E-state index in [1.165, 1.54) is 0 Å². The van der Waals surface area contributed by atoms with Crippen molar-refractivity contribution in [2.45, 2.75) is 20.0 Å². The van der Waals surface area contributed by atoms with Crippen LogP contribution in [-0.4, -0.2) is 12.2 Å². The van der Waals surface area contributed by atoms with Gasteiger partial charge in [-0.15, -0.1) is 0 Å². The predicted molar refractivity (Wildman–Crippen MR) is 88.4 cm³/mol. The SMILES string of the molecule is COc1cc(C)c(Br)cc1C(O)c1ccc(C)c(Br)c1. The second-order valence-electron chi connectivity index (χ2n) is 4.75. The van der Waals surface area contributed by atoms with Crippen LogP contribution in [0, 0.1) is 13.8 Å². The minimum Gasteiger partial charge on any atom is -0.496 e. The third kappa shape index (κ3) is 3.08. The molecule has 0 aliphatic heterocycles. The van der Waals surface area contributed by atoms with E-state index in [-0.39, 0.29) is 0 Å². The van der Waals surface area contributed by atoms with E-state index in [0.717, 1.165) is 31.2 Å². The van der Waals surface area contributed by atoms with Crippen molar-refractivity contribution in [1.29, 1.82) is 0 Å². The van der Waals surface area contributed by atoms with Gasteiger partial charge in [-0.3, -0.25) is 0 Å². The normalized spacial score (nSPS) is 12.3. The third-order valence-corrected chi connectivity index (χ3v) is 5.03. The number of aryl methyl sites for hydroxylation is 2. The highest BCUT2D eigenvalue weighted by Crippen LogP contribution is 2.35. The van der Waals surface area contributed by atoms with Crippen molar-refractivity contribution in [2.75, 3.05) is 7.11 Å². The molecule has 2 rings (SSSR count). The Morgan fingerprint density at radius 1 is 1.00 bits per heavy atom. The van der Waals surface area contributed by atoms with Gasteiger partial charge in [0.25, 0.3) is 0 Å². The number of benzene rings is 2. The van der Waals surface area contributed by atoms with E-state index in [0.29, 0.717) is 5.75 Å². The van der Waals surface area contributed by atoms with Crippen molar-refractivity contribution >= 4 is 31.9 Å². The van der Waals surface area contributed by atoms with E-state index in [4.69, 9.17) is 4.74 Å². The van der Waals surface area contributed by atoms with Crippen LogP contribution >= 0.6 is 31.9 Å². The molecule has 0 aromatic heterocycles. The molecule has 106 valence electrons. The van der Waals surface area contributed by atoms with Gasteiger partial charge < -0.3 is 9.84 Å². The Hall–Kier alpha value is -0.840. The Morgan fingerprint density at radius 2 is 1.65 bits per heavy atom. The Kier molecular flexibility index (Phi) is 4.89. The number of aliphatic hydroxyl groups is 1. The van der Waals surface area contributed by atoms with Gasteiger partial charge in [0, 0.05) is 14.5 Å². The third-order valence-electron chi connectivity index (χ3n) is 3.32. The summed E-state index contributed by atoms with van der Waals surface area (Å²) in [6.07, 6.45) is -0.723. The first kappa shape index (κ1) is 15.5. The summed E-state index contributed by atoms with van der Waals surface area (Å²) in [4.78, 5) is 0. The summed E-state index contributed by atoms with van der Waals surface area (Å²) in [5.41, 5.74) is 3.79. The van der Waals surface area contributed by atoms with Crippen molar-refractivity contribution < 1.29 is 9.84 Å². The van der Waals surface area contributed by atoms with Crippen molar-refractivity contribution in [3.8, 4) is 5.75 Å². The molecule has 0 saturated carbocycles. The molecule has 0 aliphatic carbocycles. The molecule has 2 nitrogen and oxygen atoms in total. The maximum atomic E-state index is 10.6. The Morgan fingerprint density at radius 3 is 2.25 bits per heavy atom. The quantitative estimate of drug-likeness (QED) is 0.793. The smallest absolute Gasteiger partial charge is 0.125 e. The van der Waals surface area contributed by atoms with Crippen LogP contribution in [0.2, 0.25) is 0 Å². The Labute approximate surface area is 136 Å². The lowest BCUT2D eigenvalue weighted by Gasteiger charge is -2.17. The topological polar surface area (TPSA) is 29.5 Å². The summed E-state index contributed by atoms with van der Waals surface area (Å²) < 4.78 is 7.33. The molecule has 0 aliphatic rings. The van der Waals surface area contributed by atoms with Crippen LogP contribution in [0.15, 0.2) is 39.3 Å². The van der Waals surface area contributed by atoms with Crippen LogP contribution in [0.5, 0.6) is 5.75 Å². The molecule has 0 amide bonds. The van der Waals surface area contributed by atoms with Gasteiger partial charge in [0.2, 0.25) is 0 Å². The zero-order valence-electron chi connectivity index (χ0n) is 11.6. The number of aliphatic hydroxyl groups excluding tert-OH is 1. The lowest BCUT2D eigenvalue weighted by atomic mass is 9.98. The van der Waals surface area contributed by atoms with E-state index in [9.17, 15) is 5.11 Å². The summed E-state index contributed by atoms with van der Waals surface area (Å²) in [7, 11) is 1.62. The van der Waals surface area contributed by atoms with Gasteiger partial charge in [-0.05, 0) is 48.7 Å². The summed E-state index contributed by atoms with van der Waals surface area (Å²) in [5, 5.41) is 10.6. The fraction of sp³-hybridized carbons (Fsp3) is 0.250. The molecule has 4 heteroatoms. The standard InChI is InChI=1S/C16H16Br2O2/c1-9-4-5-11(7-13(9)17)16(19)12-8-14(18)10(2)6-15(12)20-3/h4-8,16,19H,1-3H3. The molecule has 1 atom stereocenters. The van der Waals surface area contributed by atoms with E-state index in [1.54, 1.807) is 7.11 Å². The van der Waals surface area contributed by atoms with Crippen molar-refractivity contribution in [3.63, 3.8) is 0 Å². The summed E-state index contributed by atoms with van der Waals surface area (Å²) in [6.45, 7) is 4.01.